The molecule has 5 aromatic rings. The molecule has 1 saturated heterocycles. The Labute approximate surface area is 240 Å². The van der Waals surface area contributed by atoms with Gasteiger partial charge in [-0.05, 0) is 42.7 Å². The van der Waals surface area contributed by atoms with Gasteiger partial charge in [-0.2, -0.15) is 10.2 Å². The normalized spacial score (nSPS) is 20.6. The molecule has 42 heavy (non-hydrogen) atoms. The third-order valence-electron chi connectivity index (χ3n) is 8.10. The van der Waals surface area contributed by atoms with Gasteiger partial charge in [0.1, 0.15) is 35.4 Å². The molecule has 0 amide bonds. The molecule has 2 N–H and O–H groups in total. The van der Waals surface area contributed by atoms with Gasteiger partial charge in [-0.3, -0.25) is 4.68 Å². The predicted molar refractivity (Wildman–Crippen MR) is 152 cm³/mol. The number of aliphatic hydroxyl groups is 2. The van der Waals surface area contributed by atoms with Crippen LogP contribution in [0.5, 0.6) is 0 Å². The molecule has 0 bridgehead atoms. The third kappa shape index (κ3) is 4.73. The number of halogens is 1. The van der Waals surface area contributed by atoms with Crippen LogP contribution in [0.15, 0.2) is 73.7 Å². The van der Waals surface area contributed by atoms with Crippen molar-refractivity contribution in [2.75, 3.05) is 31.2 Å². The number of hydrogen-bond donors (Lipinski definition) is 2. The van der Waals surface area contributed by atoms with E-state index in [1.165, 1.54) is 12.1 Å². The Morgan fingerprint density at radius 3 is 2.50 bits per heavy atom. The number of anilines is 1. The fourth-order valence-corrected chi connectivity index (χ4v) is 5.52. The molecular formula is C30H29FN8O3. The monoisotopic (exact) mass is 568 g/mol. The van der Waals surface area contributed by atoms with E-state index in [0.717, 1.165) is 41.0 Å². The van der Waals surface area contributed by atoms with Crippen LogP contribution in [-0.2, 0) is 10.3 Å². The molecule has 6 heterocycles. The number of hydrogen-bond acceptors (Lipinski definition) is 9. The molecule has 4 aromatic heterocycles. The lowest BCUT2D eigenvalue weighted by atomic mass is 9.90. The number of benzene rings is 1. The Hall–Kier alpha value is -4.52. The Balaban J connectivity index is 1.08. The van der Waals surface area contributed by atoms with Crippen molar-refractivity contribution in [3.05, 3.63) is 96.5 Å². The van der Waals surface area contributed by atoms with Crippen molar-refractivity contribution in [2.45, 2.75) is 31.1 Å². The van der Waals surface area contributed by atoms with E-state index < -0.39 is 11.7 Å². The van der Waals surface area contributed by atoms with Crippen LogP contribution >= 0.6 is 0 Å². The lowest BCUT2D eigenvalue weighted by molar-refractivity contribution is 0.101. The third-order valence-corrected chi connectivity index (χ3v) is 8.10. The molecule has 11 nitrogen and oxygen atoms in total. The summed E-state index contributed by atoms with van der Waals surface area (Å²) in [6, 6.07) is 7.62. The van der Waals surface area contributed by atoms with Gasteiger partial charge in [0.05, 0.1) is 19.4 Å². The van der Waals surface area contributed by atoms with Crippen LogP contribution in [0.2, 0.25) is 0 Å². The minimum Gasteiger partial charge on any atom is -0.388 e. The molecule has 2 aliphatic heterocycles. The molecule has 12 heteroatoms. The highest BCUT2D eigenvalue weighted by molar-refractivity contribution is 5.78. The van der Waals surface area contributed by atoms with Gasteiger partial charge in [0.25, 0.3) is 0 Å². The smallest absolute Gasteiger partial charge is 0.156 e. The second-order valence-electron chi connectivity index (χ2n) is 10.8. The molecule has 3 atom stereocenters. The summed E-state index contributed by atoms with van der Waals surface area (Å²) < 4.78 is 22.3. The zero-order chi connectivity index (χ0) is 28.8. The van der Waals surface area contributed by atoms with Gasteiger partial charge in [-0.1, -0.05) is 18.2 Å². The first-order valence-electron chi connectivity index (χ1n) is 13.8. The number of nitrogens with zero attached hydrogens (tertiary/aromatic N) is 8. The Bertz CT molecular complexity index is 1760. The van der Waals surface area contributed by atoms with Crippen molar-refractivity contribution in [3.63, 3.8) is 0 Å². The van der Waals surface area contributed by atoms with Crippen LogP contribution in [0.1, 0.15) is 36.3 Å². The van der Waals surface area contributed by atoms with Gasteiger partial charge in [0.15, 0.2) is 11.6 Å². The van der Waals surface area contributed by atoms with Crippen LogP contribution in [0.3, 0.4) is 0 Å². The van der Waals surface area contributed by atoms with E-state index in [0.29, 0.717) is 36.7 Å². The van der Waals surface area contributed by atoms with E-state index in [1.54, 1.807) is 48.7 Å². The second kappa shape index (κ2) is 10.4. The van der Waals surface area contributed by atoms with Crippen molar-refractivity contribution in [3.8, 4) is 11.1 Å². The fourth-order valence-electron chi connectivity index (χ4n) is 5.52. The molecule has 1 unspecified atom stereocenters. The molecular weight excluding hydrogens is 539 g/mol. The molecule has 0 radical (unpaired) electrons. The van der Waals surface area contributed by atoms with E-state index >= 15 is 0 Å². The summed E-state index contributed by atoms with van der Waals surface area (Å²) in [5.74, 6) is 1.08. The highest BCUT2D eigenvalue weighted by Crippen LogP contribution is 2.32. The number of aromatic nitrogens is 7. The average Bonchev–Trinajstić information content (AvgIpc) is 3.77. The maximum absolute atomic E-state index is 13.3. The number of rotatable bonds is 6. The summed E-state index contributed by atoms with van der Waals surface area (Å²) >= 11 is 0. The van der Waals surface area contributed by atoms with Crippen molar-refractivity contribution >= 4 is 16.9 Å². The minimum absolute atomic E-state index is 0.191. The highest BCUT2D eigenvalue weighted by Gasteiger charge is 2.29. The van der Waals surface area contributed by atoms with Gasteiger partial charge in [-0.15, -0.1) is 0 Å². The Morgan fingerprint density at radius 2 is 1.79 bits per heavy atom. The first kappa shape index (κ1) is 26.4. The van der Waals surface area contributed by atoms with Crippen molar-refractivity contribution in [1.82, 2.24) is 34.3 Å². The molecule has 0 saturated carbocycles. The molecule has 0 spiro atoms. The maximum Gasteiger partial charge on any atom is 0.156 e. The summed E-state index contributed by atoms with van der Waals surface area (Å²) in [4.78, 5) is 15.9. The summed E-state index contributed by atoms with van der Waals surface area (Å²) in [7, 11) is 0. The number of aliphatic hydroxyl groups excluding tert-OH is 1. The summed E-state index contributed by atoms with van der Waals surface area (Å²) in [6.07, 6.45) is 12.7. The van der Waals surface area contributed by atoms with Crippen molar-refractivity contribution in [2.24, 2.45) is 0 Å². The second-order valence-corrected chi connectivity index (χ2v) is 10.8. The Kier molecular flexibility index (Phi) is 6.53. The van der Waals surface area contributed by atoms with Crippen LogP contribution in [-0.4, -0.2) is 77.0 Å². The van der Waals surface area contributed by atoms with E-state index in [4.69, 9.17) is 4.74 Å². The van der Waals surface area contributed by atoms with Crippen LogP contribution < -0.4 is 4.90 Å². The van der Waals surface area contributed by atoms with Gasteiger partial charge < -0.3 is 19.8 Å². The van der Waals surface area contributed by atoms with E-state index in [1.807, 2.05) is 23.0 Å². The maximum atomic E-state index is 13.3. The van der Waals surface area contributed by atoms with Crippen LogP contribution in [0.4, 0.5) is 10.2 Å². The fraction of sp³-hybridized carbons (Fsp3) is 0.300. The SMILES string of the molecule is C[C@](O)(c1ccc(F)cc1)c1cnc(C2=CCN(c3ncnn4cc(-c5cnn(C6COC[C@@H]6O)c5)cc34)CC2)nc1. The van der Waals surface area contributed by atoms with Gasteiger partial charge >= 0.3 is 0 Å². The number of fused-ring (bicyclic) bond motifs is 1. The topological polar surface area (TPSA) is 127 Å². The van der Waals surface area contributed by atoms with E-state index in [-0.39, 0.29) is 11.9 Å². The zero-order valence-electron chi connectivity index (χ0n) is 22.9. The summed E-state index contributed by atoms with van der Waals surface area (Å²) in [5.41, 5.74) is 3.52. The molecule has 1 aromatic carbocycles. The number of ether oxygens (including phenoxy) is 1. The molecule has 7 rings (SSSR count). The van der Waals surface area contributed by atoms with Crippen molar-refractivity contribution < 1.29 is 19.3 Å². The Morgan fingerprint density at radius 1 is 0.976 bits per heavy atom. The first-order valence-corrected chi connectivity index (χ1v) is 13.8. The summed E-state index contributed by atoms with van der Waals surface area (Å²) in [5, 5.41) is 30.1. The average molecular weight is 569 g/mol. The molecule has 0 aliphatic carbocycles. The van der Waals surface area contributed by atoms with Gasteiger partial charge in [0.2, 0.25) is 0 Å². The van der Waals surface area contributed by atoms with Crippen LogP contribution in [0.25, 0.3) is 22.2 Å². The molecule has 2 aliphatic rings. The predicted octanol–water partition coefficient (Wildman–Crippen LogP) is 3.00. The zero-order valence-corrected chi connectivity index (χ0v) is 22.9. The van der Waals surface area contributed by atoms with E-state index in [2.05, 4.69) is 36.1 Å². The van der Waals surface area contributed by atoms with E-state index in [9.17, 15) is 14.6 Å². The van der Waals surface area contributed by atoms with Gasteiger partial charge in [-0.25, -0.2) is 23.9 Å². The lowest BCUT2D eigenvalue weighted by Crippen LogP contribution is -2.30. The molecule has 214 valence electrons. The minimum atomic E-state index is -1.34. The largest absolute Gasteiger partial charge is 0.388 e. The highest BCUT2D eigenvalue weighted by atomic mass is 19.1. The molecule has 1 fully saturated rings. The standard InChI is InChI=1S/C30H29FN8O3/c1-30(41,22-2-4-24(31)5-3-22)23-12-32-28(33-13-23)19-6-8-37(9-7-19)29-25-10-20(14-38(25)36-18-34-29)21-11-35-39(15-21)26-16-42-17-27(26)40/h2-6,10-15,18,26-27,40-41H,7-9,16-17H2,1H3/t26?,27-,30-/m0/s1. The van der Waals surface area contributed by atoms with Crippen LogP contribution in [0, 0.1) is 5.82 Å². The summed E-state index contributed by atoms with van der Waals surface area (Å²) in [6.45, 7) is 3.74. The lowest BCUT2D eigenvalue weighted by Gasteiger charge is -2.27. The first-order chi connectivity index (χ1) is 20.4. The van der Waals surface area contributed by atoms with Gasteiger partial charge in [0, 0.05) is 54.6 Å². The quantitative estimate of drug-likeness (QED) is 0.318. The van der Waals surface area contributed by atoms with Crippen molar-refractivity contribution in [1.29, 1.82) is 0 Å².